The fraction of sp³-hybridized carbons (Fsp3) is 0.174. The molecule has 0 aliphatic carbocycles. The van der Waals surface area contributed by atoms with Crippen LogP contribution in [0.15, 0.2) is 71.6 Å². The zero-order valence-corrected chi connectivity index (χ0v) is 20.6. The summed E-state index contributed by atoms with van der Waals surface area (Å²) in [7, 11) is 0.817. The first-order chi connectivity index (χ1) is 16.0. The molecule has 0 aliphatic rings. The van der Waals surface area contributed by atoms with Gasteiger partial charge in [0.2, 0.25) is 0 Å². The number of nitrogens with one attached hydrogen (secondary N) is 1. The van der Waals surface area contributed by atoms with Crippen LogP contribution in [0, 0.1) is 0 Å². The molecule has 0 heterocycles. The van der Waals surface area contributed by atoms with Crippen LogP contribution in [-0.4, -0.2) is 28.5 Å². The molecule has 0 bridgehead atoms. The van der Waals surface area contributed by atoms with E-state index in [2.05, 4.69) is 14.1 Å². The van der Waals surface area contributed by atoms with Crippen molar-refractivity contribution in [2.24, 2.45) is 0 Å². The van der Waals surface area contributed by atoms with E-state index < -0.39 is 21.9 Å². The van der Waals surface area contributed by atoms with Crippen molar-refractivity contribution >= 4 is 36.7 Å². The second kappa shape index (κ2) is 9.95. The van der Waals surface area contributed by atoms with Gasteiger partial charge < -0.3 is 9.47 Å². The van der Waals surface area contributed by atoms with Crippen molar-refractivity contribution in [3.8, 4) is 11.5 Å². The summed E-state index contributed by atoms with van der Waals surface area (Å²) >= 11 is 0. The van der Waals surface area contributed by atoms with E-state index in [1.54, 1.807) is 24.3 Å². The highest BCUT2D eigenvalue weighted by Gasteiger charge is 2.26. The molecule has 3 rings (SSSR count). The Kier molecular flexibility index (Phi) is 7.43. The van der Waals surface area contributed by atoms with Crippen molar-refractivity contribution in [1.82, 2.24) is 0 Å². The Balaban J connectivity index is 1.92. The summed E-state index contributed by atoms with van der Waals surface area (Å²) < 4.78 is 67.2. The monoisotopic (exact) mass is 508 g/mol. The minimum Gasteiger partial charge on any atom is -0.496 e. The summed E-state index contributed by atoms with van der Waals surface area (Å²) in [5, 5.41) is 0. The number of carbonyl (C=O) groups excluding carboxylic acids is 1. The molecule has 0 radical (unpaired) electrons. The third-order valence-corrected chi connectivity index (χ3v) is 6.85. The van der Waals surface area contributed by atoms with Crippen LogP contribution in [0.2, 0.25) is 0 Å². The van der Waals surface area contributed by atoms with Crippen LogP contribution in [0.25, 0.3) is 0 Å². The van der Waals surface area contributed by atoms with E-state index in [9.17, 15) is 22.0 Å². The van der Waals surface area contributed by atoms with Crippen LogP contribution in [0.5, 0.6) is 11.5 Å². The van der Waals surface area contributed by atoms with Crippen molar-refractivity contribution in [2.45, 2.75) is 17.7 Å². The molecule has 3 aromatic rings. The van der Waals surface area contributed by atoms with Crippen LogP contribution < -0.4 is 18.9 Å². The quantitative estimate of drug-likeness (QED) is 0.431. The van der Waals surface area contributed by atoms with E-state index in [1.807, 2.05) is 0 Å². The van der Waals surface area contributed by atoms with Crippen LogP contribution in [0.3, 0.4) is 0 Å². The predicted molar refractivity (Wildman–Crippen MR) is 129 cm³/mol. The number of sulfonamides is 1. The first-order valence-corrected chi connectivity index (χ1v) is 11.9. The summed E-state index contributed by atoms with van der Waals surface area (Å²) in [4.78, 5) is 12.7. The molecule has 1 N–H and O–H groups in total. The minimum absolute atomic E-state index is 0.0239. The molecule has 1 unspecified atom stereocenters. The Morgan fingerprint density at radius 3 is 2.29 bits per heavy atom. The molecule has 0 saturated heterocycles. The van der Waals surface area contributed by atoms with Gasteiger partial charge in [0.05, 0.1) is 25.5 Å². The van der Waals surface area contributed by atoms with E-state index in [1.165, 1.54) is 55.3 Å². The molecule has 0 saturated carbocycles. The van der Waals surface area contributed by atoms with Crippen LogP contribution >= 0.6 is 9.39 Å². The predicted octanol–water partition coefficient (Wildman–Crippen LogP) is 5.05. The van der Waals surface area contributed by atoms with E-state index in [4.69, 9.17) is 9.47 Å². The molecule has 180 valence electrons. The van der Waals surface area contributed by atoms with Gasteiger partial charge in [0, 0.05) is 24.2 Å². The first kappa shape index (κ1) is 25.4. The number of anilines is 2. The lowest BCUT2D eigenvalue weighted by Crippen LogP contribution is -2.21. The number of amides is 1. The minimum atomic E-state index is -4.19. The summed E-state index contributed by atoms with van der Waals surface area (Å²) in [6, 6.07) is 15.7. The number of ether oxygens (including phenoxy) is 2. The Labute approximate surface area is 199 Å². The summed E-state index contributed by atoms with van der Waals surface area (Å²) in [5.41, 5.74) is 0.293. The zero-order chi connectivity index (χ0) is 25.1. The number of hydrogen-bond acceptors (Lipinski definition) is 5. The highest BCUT2D eigenvalue weighted by molar-refractivity contribution is 7.92. The molecule has 0 aromatic heterocycles. The molecular weight excluding hydrogens is 485 g/mol. The second-order valence-electron chi connectivity index (χ2n) is 7.29. The molecule has 11 heteroatoms. The number of halogens is 2. The lowest BCUT2D eigenvalue weighted by molar-refractivity contribution is 0.0175. The van der Waals surface area contributed by atoms with Gasteiger partial charge in [-0.05, 0) is 45.8 Å². The van der Waals surface area contributed by atoms with Crippen LogP contribution in [-0.2, 0) is 15.9 Å². The van der Waals surface area contributed by atoms with Crippen molar-refractivity contribution in [3.05, 3.63) is 77.9 Å². The number of carbonyl (C=O) groups is 1. The molecule has 34 heavy (non-hydrogen) atoms. The van der Waals surface area contributed by atoms with E-state index in [-0.39, 0.29) is 21.9 Å². The van der Waals surface area contributed by atoms with Gasteiger partial charge in [0.25, 0.3) is 21.9 Å². The normalized spacial score (nSPS) is 11.6. The number of hydrogen-bond donors (Lipinski definition) is 1. The van der Waals surface area contributed by atoms with Crippen molar-refractivity contribution in [2.75, 3.05) is 23.6 Å². The lowest BCUT2D eigenvalue weighted by atomic mass is 10.1. The topological polar surface area (TPSA) is 84.9 Å². The third-order valence-electron chi connectivity index (χ3n) is 4.89. The average molecular weight is 508 g/mol. The Morgan fingerprint density at radius 1 is 0.971 bits per heavy atom. The maximum absolute atomic E-state index is 13.6. The second-order valence-corrected chi connectivity index (χ2v) is 9.45. The Bertz CT molecular complexity index is 1310. The summed E-state index contributed by atoms with van der Waals surface area (Å²) in [6.07, 6.45) is 0. The maximum Gasteiger partial charge on any atom is 0.270 e. The van der Waals surface area contributed by atoms with Crippen molar-refractivity contribution in [1.29, 1.82) is 0 Å². The van der Waals surface area contributed by atoms with Gasteiger partial charge >= 0.3 is 0 Å². The zero-order valence-electron chi connectivity index (χ0n) is 18.6. The Morgan fingerprint density at radius 2 is 1.65 bits per heavy atom. The largest absolute Gasteiger partial charge is 0.496 e. The molecule has 1 atom stereocenters. The summed E-state index contributed by atoms with van der Waals surface area (Å²) in [5.74, 6) is -3.19. The van der Waals surface area contributed by atoms with Gasteiger partial charge in [-0.2, -0.15) is 0 Å². The maximum atomic E-state index is 13.6. The summed E-state index contributed by atoms with van der Waals surface area (Å²) in [6.45, 7) is 0.725. The number of nitrogens with zero attached hydrogens (tertiary/aromatic N) is 1. The molecule has 0 fully saturated rings. The lowest BCUT2D eigenvalue weighted by Gasteiger charge is -2.20. The van der Waals surface area contributed by atoms with E-state index in [0.29, 0.717) is 17.0 Å². The van der Waals surface area contributed by atoms with Gasteiger partial charge in [-0.25, -0.2) is 17.2 Å². The number of para-hydroxylation sites is 1. The Hall–Kier alpha value is -3.23. The number of alkyl halides is 2. The van der Waals surface area contributed by atoms with Gasteiger partial charge in [-0.3, -0.25) is 14.2 Å². The van der Waals surface area contributed by atoms with Crippen molar-refractivity contribution in [3.63, 3.8) is 0 Å². The number of benzene rings is 3. The standard InChI is InChI=1S/C23H23F2N2O5PS/c1-23(24,25)15-7-6-8-16(13-15)26-34(29,30)21-12-11-17(14-20(21)32-3)27(33)22(28)18-9-4-5-10-19(18)31-2/h4-14,26H,33H2,1-3H3. The average Bonchev–Trinajstić information content (AvgIpc) is 2.82. The SMILES string of the molecule is COc1ccccc1C(=O)N(P)c1ccc(S(=O)(=O)Nc2cccc(C(C)(F)F)c2)c(OC)c1. The third kappa shape index (κ3) is 5.46. The highest BCUT2D eigenvalue weighted by atomic mass is 32.2. The first-order valence-electron chi connectivity index (χ1n) is 9.89. The number of methoxy groups -OCH3 is 2. The van der Waals surface area contributed by atoms with Gasteiger partial charge in [0.15, 0.2) is 0 Å². The fourth-order valence-electron chi connectivity index (χ4n) is 3.16. The van der Waals surface area contributed by atoms with Crippen molar-refractivity contribution < 1.29 is 31.5 Å². The molecule has 3 aromatic carbocycles. The molecule has 7 nitrogen and oxygen atoms in total. The van der Waals surface area contributed by atoms with Crippen LogP contribution in [0.1, 0.15) is 22.8 Å². The smallest absolute Gasteiger partial charge is 0.270 e. The highest BCUT2D eigenvalue weighted by Crippen LogP contribution is 2.34. The van der Waals surface area contributed by atoms with E-state index >= 15 is 0 Å². The molecule has 1 amide bonds. The van der Waals surface area contributed by atoms with Gasteiger partial charge in [0.1, 0.15) is 16.4 Å². The molecule has 0 aliphatic heterocycles. The van der Waals surface area contributed by atoms with E-state index in [0.717, 1.165) is 13.0 Å². The molecular formula is C23H23F2N2O5PS. The number of rotatable bonds is 8. The molecule has 0 spiro atoms. The van der Waals surface area contributed by atoms with Gasteiger partial charge in [-0.1, -0.05) is 24.3 Å². The van der Waals surface area contributed by atoms with Gasteiger partial charge in [-0.15, -0.1) is 0 Å². The van der Waals surface area contributed by atoms with Crippen LogP contribution in [0.4, 0.5) is 20.2 Å². The fourth-order valence-corrected chi connectivity index (χ4v) is 4.66.